The van der Waals surface area contributed by atoms with Crippen LogP contribution in [0.15, 0.2) is 48.5 Å². The molecule has 0 aliphatic carbocycles. The molecule has 0 amide bonds. The predicted octanol–water partition coefficient (Wildman–Crippen LogP) is 5.22. The van der Waals surface area contributed by atoms with E-state index in [1.807, 2.05) is 24.3 Å². The van der Waals surface area contributed by atoms with Gasteiger partial charge in [0.2, 0.25) is 0 Å². The van der Waals surface area contributed by atoms with Crippen LogP contribution in [0.3, 0.4) is 0 Å². The first-order chi connectivity index (χ1) is 12.4. The van der Waals surface area contributed by atoms with Gasteiger partial charge in [0.15, 0.2) is 0 Å². The molecule has 0 saturated heterocycles. The lowest BCUT2D eigenvalue weighted by molar-refractivity contribution is -0.132. The summed E-state index contributed by atoms with van der Waals surface area (Å²) in [5.74, 6) is 1.02. The highest BCUT2D eigenvalue weighted by molar-refractivity contribution is 5.69. The fourth-order valence-corrected chi connectivity index (χ4v) is 3.45. The molecule has 138 valence electrons. The SMILES string of the molecule is CCC(c1cccc(OC(C)=O)c1)C(CC)c1cccc(OC(C)=O)c1. The average molecular weight is 354 g/mol. The van der Waals surface area contributed by atoms with Crippen LogP contribution in [-0.2, 0) is 9.59 Å². The van der Waals surface area contributed by atoms with E-state index in [1.165, 1.54) is 13.8 Å². The number of rotatable bonds is 7. The van der Waals surface area contributed by atoms with Gasteiger partial charge in [-0.2, -0.15) is 0 Å². The molecule has 2 atom stereocenters. The van der Waals surface area contributed by atoms with Crippen LogP contribution in [0.2, 0.25) is 0 Å². The van der Waals surface area contributed by atoms with Crippen molar-refractivity contribution in [3.05, 3.63) is 59.7 Å². The van der Waals surface area contributed by atoms with Crippen molar-refractivity contribution in [1.29, 1.82) is 0 Å². The summed E-state index contributed by atoms with van der Waals surface area (Å²) >= 11 is 0. The molecule has 0 N–H and O–H groups in total. The number of hydrogen-bond donors (Lipinski definition) is 0. The molecular weight excluding hydrogens is 328 g/mol. The summed E-state index contributed by atoms with van der Waals surface area (Å²) in [6, 6.07) is 15.4. The molecule has 0 saturated carbocycles. The molecule has 0 aliphatic heterocycles. The number of carbonyl (C=O) groups is 2. The molecule has 0 fully saturated rings. The van der Waals surface area contributed by atoms with E-state index in [9.17, 15) is 9.59 Å². The quantitative estimate of drug-likeness (QED) is 0.505. The molecule has 2 unspecified atom stereocenters. The molecule has 0 aliphatic rings. The molecule has 2 aromatic carbocycles. The van der Waals surface area contributed by atoms with Crippen LogP contribution in [-0.4, -0.2) is 11.9 Å². The van der Waals surface area contributed by atoms with Gasteiger partial charge in [0, 0.05) is 13.8 Å². The third-order valence-electron chi connectivity index (χ3n) is 4.46. The zero-order valence-corrected chi connectivity index (χ0v) is 15.8. The number of hydrogen-bond acceptors (Lipinski definition) is 4. The highest BCUT2D eigenvalue weighted by Gasteiger charge is 2.23. The van der Waals surface area contributed by atoms with Crippen LogP contribution >= 0.6 is 0 Å². The van der Waals surface area contributed by atoms with Crippen LogP contribution in [0.4, 0.5) is 0 Å². The van der Waals surface area contributed by atoms with Gasteiger partial charge >= 0.3 is 11.9 Å². The first-order valence-corrected chi connectivity index (χ1v) is 9.01. The minimum Gasteiger partial charge on any atom is -0.427 e. The minimum absolute atomic E-state index is 0.267. The van der Waals surface area contributed by atoms with E-state index < -0.39 is 0 Å². The Morgan fingerprint density at radius 1 is 0.769 bits per heavy atom. The average Bonchev–Trinajstić information content (AvgIpc) is 2.58. The summed E-state index contributed by atoms with van der Waals surface area (Å²) in [6.07, 6.45) is 1.89. The van der Waals surface area contributed by atoms with E-state index >= 15 is 0 Å². The van der Waals surface area contributed by atoms with Crippen molar-refractivity contribution in [3.8, 4) is 11.5 Å². The van der Waals surface area contributed by atoms with E-state index in [2.05, 4.69) is 26.0 Å². The fraction of sp³-hybridized carbons (Fsp3) is 0.364. The molecule has 0 bridgehead atoms. The maximum absolute atomic E-state index is 11.2. The Morgan fingerprint density at radius 3 is 1.46 bits per heavy atom. The first kappa shape index (κ1) is 19.7. The maximum atomic E-state index is 11.2. The Hall–Kier alpha value is -2.62. The van der Waals surface area contributed by atoms with Gasteiger partial charge in [-0.3, -0.25) is 9.59 Å². The van der Waals surface area contributed by atoms with Gasteiger partial charge in [-0.05, 0) is 60.1 Å². The highest BCUT2D eigenvalue weighted by Crippen LogP contribution is 2.39. The molecule has 4 nitrogen and oxygen atoms in total. The topological polar surface area (TPSA) is 52.6 Å². The molecule has 2 rings (SSSR count). The summed E-state index contributed by atoms with van der Waals surface area (Å²) in [7, 11) is 0. The van der Waals surface area contributed by atoms with Gasteiger partial charge in [-0.25, -0.2) is 0 Å². The van der Waals surface area contributed by atoms with Crippen LogP contribution in [0.5, 0.6) is 11.5 Å². The summed E-state index contributed by atoms with van der Waals surface area (Å²) in [5, 5.41) is 0. The standard InChI is InChI=1S/C22H26O4/c1-5-21(17-9-7-11-19(13-17)25-15(3)23)22(6-2)18-10-8-12-20(14-18)26-16(4)24/h7-14,21-22H,5-6H2,1-4H3. The van der Waals surface area contributed by atoms with Gasteiger partial charge < -0.3 is 9.47 Å². The highest BCUT2D eigenvalue weighted by atomic mass is 16.5. The van der Waals surface area contributed by atoms with Crippen LogP contribution < -0.4 is 9.47 Å². The van der Waals surface area contributed by atoms with E-state index in [0.717, 1.165) is 24.0 Å². The van der Waals surface area contributed by atoms with Gasteiger partial charge in [0.25, 0.3) is 0 Å². The van der Waals surface area contributed by atoms with Crippen molar-refractivity contribution >= 4 is 11.9 Å². The second kappa shape index (κ2) is 9.18. The van der Waals surface area contributed by atoms with Crippen molar-refractivity contribution in [2.24, 2.45) is 0 Å². The number of esters is 2. The van der Waals surface area contributed by atoms with E-state index in [1.54, 1.807) is 12.1 Å². The van der Waals surface area contributed by atoms with Crippen molar-refractivity contribution in [1.82, 2.24) is 0 Å². The van der Waals surface area contributed by atoms with Gasteiger partial charge in [0.05, 0.1) is 0 Å². The lowest BCUT2D eigenvalue weighted by Gasteiger charge is -2.27. The molecule has 26 heavy (non-hydrogen) atoms. The lowest BCUT2D eigenvalue weighted by atomic mass is 9.78. The van der Waals surface area contributed by atoms with Crippen molar-refractivity contribution < 1.29 is 19.1 Å². The van der Waals surface area contributed by atoms with Crippen molar-refractivity contribution in [3.63, 3.8) is 0 Å². The number of carbonyl (C=O) groups excluding carboxylic acids is 2. The zero-order valence-electron chi connectivity index (χ0n) is 15.8. The summed E-state index contributed by atoms with van der Waals surface area (Å²) in [6.45, 7) is 7.11. The summed E-state index contributed by atoms with van der Waals surface area (Å²) < 4.78 is 10.5. The van der Waals surface area contributed by atoms with Crippen molar-refractivity contribution in [2.75, 3.05) is 0 Å². The Labute approximate surface area is 155 Å². The predicted molar refractivity (Wildman–Crippen MR) is 102 cm³/mol. The monoisotopic (exact) mass is 354 g/mol. The molecule has 2 aromatic rings. The van der Waals surface area contributed by atoms with Crippen molar-refractivity contribution in [2.45, 2.75) is 52.4 Å². The Kier molecular flexibility index (Phi) is 6.96. The fourth-order valence-electron chi connectivity index (χ4n) is 3.45. The third-order valence-corrected chi connectivity index (χ3v) is 4.46. The zero-order chi connectivity index (χ0) is 19.1. The summed E-state index contributed by atoms with van der Waals surface area (Å²) in [4.78, 5) is 22.5. The van der Waals surface area contributed by atoms with E-state index in [4.69, 9.17) is 9.47 Å². The second-order valence-corrected chi connectivity index (χ2v) is 6.36. The molecule has 0 heterocycles. The van der Waals surface area contributed by atoms with Gasteiger partial charge in [-0.1, -0.05) is 38.1 Å². The number of ether oxygens (including phenoxy) is 2. The minimum atomic E-state index is -0.323. The third kappa shape index (κ3) is 5.19. The molecule has 0 aromatic heterocycles. The lowest BCUT2D eigenvalue weighted by Crippen LogP contribution is -2.11. The Balaban J connectivity index is 2.34. The smallest absolute Gasteiger partial charge is 0.308 e. The van der Waals surface area contributed by atoms with Crippen LogP contribution in [0.1, 0.15) is 63.5 Å². The molecule has 0 spiro atoms. The Morgan fingerprint density at radius 2 is 1.15 bits per heavy atom. The normalized spacial score (nSPS) is 12.9. The van der Waals surface area contributed by atoms with Crippen LogP contribution in [0, 0.1) is 0 Å². The maximum Gasteiger partial charge on any atom is 0.308 e. The van der Waals surface area contributed by atoms with E-state index in [0.29, 0.717) is 11.5 Å². The number of benzene rings is 2. The van der Waals surface area contributed by atoms with Crippen LogP contribution in [0.25, 0.3) is 0 Å². The first-order valence-electron chi connectivity index (χ1n) is 9.01. The van der Waals surface area contributed by atoms with Gasteiger partial charge in [-0.15, -0.1) is 0 Å². The Bertz CT molecular complexity index is 701. The van der Waals surface area contributed by atoms with E-state index in [-0.39, 0.29) is 23.8 Å². The second-order valence-electron chi connectivity index (χ2n) is 6.36. The largest absolute Gasteiger partial charge is 0.427 e. The molecule has 0 radical (unpaired) electrons. The molecular formula is C22H26O4. The molecule has 4 heteroatoms. The summed E-state index contributed by atoms with van der Waals surface area (Å²) in [5.41, 5.74) is 2.27. The van der Waals surface area contributed by atoms with Gasteiger partial charge in [0.1, 0.15) is 11.5 Å².